The van der Waals surface area contributed by atoms with E-state index >= 15 is 0 Å². The van der Waals surface area contributed by atoms with E-state index in [9.17, 15) is 13.2 Å². The number of ketones is 1. The summed E-state index contributed by atoms with van der Waals surface area (Å²) in [6.07, 6.45) is 1.02. The molecule has 0 spiro atoms. The summed E-state index contributed by atoms with van der Waals surface area (Å²) in [7, 11) is 1.24. The molecule has 0 amide bonds. The molecule has 0 unspecified atom stereocenters. The summed E-state index contributed by atoms with van der Waals surface area (Å²) in [5, 5.41) is 2.90. The highest BCUT2D eigenvalue weighted by molar-refractivity contribution is 7.91. The maximum absolute atomic E-state index is 11.9. The van der Waals surface area contributed by atoms with Gasteiger partial charge in [0.15, 0.2) is 15.6 Å². The van der Waals surface area contributed by atoms with Gasteiger partial charge in [-0.15, -0.1) is 0 Å². The van der Waals surface area contributed by atoms with Crippen LogP contribution in [-0.4, -0.2) is 47.5 Å². The molecule has 0 fully saturated rings. The largest absolute Gasteiger partial charge is 0.494 e. The molecule has 1 aromatic rings. The second kappa shape index (κ2) is 5.92. The minimum Gasteiger partial charge on any atom is -0.494 e. The van der Waals surface area contributed by atoms with Crippen LogP contribution in [-0.2, 0) is 9.84 Å². The van der Waals surface area contributed by atoms with Crippen LogP contribution in [0.15, 0.2) is 12.1 Å². The Morgan fingerprint density at radius 1 is 1.21 bits per heavy atom. The molecule has 0 saturated carbocycles. The Kier molecular flexibility index (Phi) is 4.77. The Morgan fingerprint density at radius 3 is 2.00 bits per heavy atom. The summed E-state index contributed by atoms with van der Waals surface area (Å²) in [5.41, 5.74) is 0.832. The Bertz CT molecular complexity index is 555. The minimum atomic E-state index is -3.37. The van der Waals surface area contributed by atoms with Gasteiger partial charge in [0.25, 0.3) is 0 Å². The van der Waals surface area contributed by atoms with Crippen molar-refractivity contribution >= 4 is 21.3 Å². The van der Waals surface area contributed by atoms with Crippen molar-refractivity contribution in [2.45, 2.75) is 0 Å². The quantitative estimate of drug-likeness (QED) is 0.785. The molecule has 0 atom stereocenters. The van der Waals surface area contributed by atoms with Crippen molar-refractivity contribution in [1.82, 2.24) is 0 Å². The Hall–Kier alpha value is -1.76. The van der Waals surface area contributed by atoms with Crippen molar-refractivity contribution in [2.75, 3.05) is 38.6 Å². The number of rotatable bonds is 6. The van der Waals surface area contributed by atoms with Gasteiger partial charge in [-0.3, -0.25) is 4.79 Å². The third kappa shape index (κ3) is 3.85. The molecule has 0 aliphatic heterocycles. The van der Waals surface area contributed by atoms with E-state index in [4.69, 9.17) is 9.47 Å². The van der Waals surface area contributed by atoms with Crippen molar-refractivity contribution in [3.05, 3.63) is 17.7 Å². The van der Waals surface area contributed by atoms with Crippen molar-refractivity contribution in [3.63, 3.8) is 0 Å². The third-order valence-electron chi connectivity index (χ3n) is 2.47. The van der Waals surface area contributed by atoms with Crippen LogP contribution in [0.5, 0.6) is 11.5 Å². The minimum absolute atomic E-state index is 0.234. The van der Waals surface area contributed by atoms with Gasteiger partial charge in [0.05, 0.1) is 14.2 Å². The smallest absolute Gasteiger partial charge is 0.178 e. The number of benzene rings is 1. The number of anilines is 1. The van der Waals surface area contributed by atoms with Crippen LogP contribution in [0.4, 0.5) is 5.69 Å². The molecule has 0 aliphatic rings. The van der Waals surface area contributed by atoms with Crippen LogP contribution < -0.4 is 14.8 Å². The zero-order valence-electron chi connectivity index (χ0n) is 11.3. The summed E-state index contributed by atoms with van der Waals surface area (Å²) < 4.78 is 32.6. The maximum Gasteiger partial charge on any atom is 0.178 e. The highest BCUT2D eigenvalue weighted by Crippen LogP contribution is 2.35. The Balaban J connectivity index is 3.27. The lowest BCUT2D eigenvalue weighted by molar-refractivity contribution is 0.102. The van der Waals surface area contributed by atoms with Crippen molar-refractivity contribution in [3.8, 4) is 11.5 Å². The molecular formula is C12H17NO5S. The van der Waals surface area contributed by atoms with Gasteiger partial charge in [-0.05, 0) is 12.1 Å². The normalized spacial score (nSPS) is 10.9. The summed E-state index contributed by atoms with van der Waals surface area (Å²) >= 11 is 0. The first kappa shape index (κ1) is 15.3. The first-order chi connectivity index (χ1) is 8.82. The van der Waals surface area contributed by atoms with E-state index in [0.29, 0.717) is 17.2 Å². The first-order valence-electron chi connectivity index (χ1n) is 5.47. The van der Waals surface area contributed by atoms with Gasteiger partial charge in [-0.25, -0.2) is 8.42 Å². The molecule has 0 radical (unpaired) electrons. The van der Waals surface area contributed by atoms with Gasteiger partial charge in [0.1, 0.15) is 22.9 Å². The average Bonchev–Trinajstić information content (AvgIpc) is 2.34. The molecule has 0 aromatic heterocycles. The molecule has 6 nitrogen and oxygen atoms in total. The molecule has 0 bridgehead atoms. The molecule has 0 heterocycles. The number of methoxy groups -OCH3 is 2. The summed E-state index contributed by atoms with van der Waals surface area (Å²) in [6, 6.07) is 2.98. The van der Waals surface area contributed by atoms with Gasteiger partial charge in [0, 0.05) is 18.9 Å². The summed E-state index contributed by atoms with van der Waals surface area (Å²) in [4.78, 5) is 11.9. The van der Waals surface area contributed by atoms with E-state index in [1.54, 1.807) is 7.05 Å². The molecule has 0 saturated heterocycles. The lowest BCUT2D eigenvalue weighted by Gasteiger charge is -2.14. The lowest BCUT2D eigenvalue weighted by Crippen LogP contribution is -2.15. The highest BCUT2D eigenvalue weighted by Gasteiger charge is 2.18. The number of sulfone groups is 1. The van der Waals surface area contributed by atoms with E-state index in [2.05, 4.69) is 5.32 Å². The van der Waals surface area contributed by atoms with Gasteiger partial charge in [0.2, 0.25) is 0 Å². The fourth-order valence-electron chi connectivity index (χ4n) is 1.64. The van der Waals surface area contributed by atoms with Crippen LogP contribution in [0.3, 0.4) is 0 Å². The predicted molar refractivity (Wildman–Crippen MR) is 73.1 cm³/mol. The molecule has 1 aromatic carbocycles. The van der Waals surface area contributed by atoms with Gasteiger partial charge < -0.3 is 14.8 Å². The van der Waals surface area contributed by atoms with Crippen LogP contribution in [0.2, 0.25) is 0 Å². The van der Waals surface area contributed by atoms with Crippen LogP contribution in [0, 0.1) is 0 Å². The molecule has 19 heavy (non-hydrogen) atoms. The van der Waals surface area contributed by atoms with Crippen LogP contribution >= 0.6 is 0 Å². The zero-order chi connectivity index (χ0) is 14.6. The highest BCUT2D eigenvalue weighted by atomic mass is 32.2. The number of ether oxygens (including phenoxy) is 2. The van der Waals surface area contributed by atoms with E-state index in [1.165, 1.54) is 26.4 Å². The van der Waals surface area contributed by atoms with Gasteiger partial charge in [-0.1, -0.05) is 0 Å². The Morgan fingerprint density at radius 2 is 1.68 bits per heavy atom. The first-order valence-corrected chi connectivity index (χ1v) is 7.53. The molecule has 7 heteroatoms. The average molecular weight is 287 g/mol. The summed E-state index contributed by atoms with van der Waals surface area (Å²) in [6.45, 7) is 0. The van der Waals surface area contributed by atoms with E-state index < -0.39 is 21.4 Å². The lowest BCUT2D eigenvalue weighted by atomic mass is 10.1. The maximum atomic E-state index is 11.9. The monoisotopic (exact) mass is 287 g/mol. The topological polar surface area (TPSA) is 81.7 Å². The van der Waals surface area contributed by atoms with Crippen molar-refractivity contribution in [2.24, 2.45) is 0 Å². The number of carbonyl (C=O) groups is 1. The number of nitrogens with one attached hydrogen (secondary N) is 1. The number of hydrogen-bond acceptors (Lipinski definition) is 6. The van der Waals surface area contributed by atoms with Gasteiger partial charge in [-0.2, -0.15) is 0 Å². The molecule has 1 N–H and O–H groups in total. The fourth-order valence-corrected chi connectivity index (χ4v) is 2.28. The molecule has 106 valence electrons. The zero-order valence-corrected chi connectivity index (χ0v) is 12.1. The molecule has 0 aliphatic carbocycles. The van der Waals surface area contributed by atoms with Crippen molar-refractivity contribution in [1.29, 1.82) is 0 Å². The Labute approximate surface area is 112 Å². The summed E-state index contributed by atoms with van der Waals surface area (Å²) in [5.74, 6) is -0.211. The number of Topliss-reactive ketones (excluding diaryl/α,β-unsaturated/α-hetero) is 1. The predicted octanol–water partition coefficient (Wildman–Crippen LogP) is 0.973. The third-order valence-corrected chi connectivity index (χ3v) is 3.26. The van der Waals surface area contributed by atoms with Crippen LogP contribution in [0.1, 0.15) is 10.4 Å². The van der Waals surface area contributed by atoms with E-state index in [1.807, 2.05) is 0 Å². The van der Waals surface area contributed by atoms with Gasteiger partial charge >= 0.3 is 0 Å². The number of hydrogen-bond donors (Lipinski definition) is 1. The fraction of sp³-hybridized carbons (Fsp3) is 0.417. The number of carbonyl (C=O) groups excluding carboxylic acids is 1. The standard InChI is InChI=1S/C12H17NO5S/c1-13-12-10(17-2)5-8(6-11(12)18-3)9(14)7-19(4,15)16/h5-6,13H,7H2,1-4H3. The van der Waals surface area contributed by atoms with Crippen molar-refractivity contribution < 1.29 is 22.7 Å². The second-order valence-electron chi connectivity index (χ2n) is 4.00. The second-order valence-corrected chi connectivity index (χ2v) is 6.14. The van der Waals surface area contributed by atoms with Crippen LogP contribution in [0.25, 0.3) is 0 Å². The SMILES string of the molecule is CNc1c(OC)cc(C(=O)CS(C)(=O)=O)cc1OC. The molecular weight excluding hydrogens is 270 g/mol. The van der Waals surface area contributed by atoms with E-state index in [0.717, 1.165) is 6.26 Å². The molecule has 1 rings (SSSR count). The van der Waals surface area contributed by atoms with E-state index in [-0.39, 0.29) is 5.56 Å².